The van der Waals surface area contributed by atoms with E-state index < -0.39 is 0 Å². The number of nitrogens with zero attached hydrogens (tertiary/aromatic N) is 1. The van der Waals surface area contributed by atoms with Gasteiger partial charge in [0.2, 0.25) is 0 Å². The Hall–Kier alpha value is -2.16. The van der Waals surface area contributed by atoms with Gasteiger partial charge in [-0.3, -0.25) is 9.78 Å². The molecule has 1 aromatic carbocycles. The van der Waals surface area contributed by atoms with E-state index in [9.17, 15) is 4.79 Å². The van der Waals surface area contributed by atoms with Gasteiger partial charge in [-0.15, -0.1) is 0 Å². The Morgan fingerprint density at radius 1 is 1.16 bits per heavy atom. The van der Waals surface area contributed by atoms with E-state index in [1.807, 2.05) is 37.4 Å². The number of hydrogen-bond acceptors (Lipinski definition) is 3. The van der Waals surface area contributed by atoms with E-state index in [-0.39, 0.29) is 5.97 Å². The largest absolute Gasteiger partial charge is 0.466 e. The molecular formula is C16H17NO2. The van der Waals surface area contributed by atoms with Crippen LogP contribution in [0.5, 0.6) is 0 Å². The molecule has 19 heavy (non-hydrogen) atoms. The van der Waals surface area contributed by atoms with Crippen molar-refractivity contribution in [1.29, 1.82) is 0 Å². The zero-order valence-electron chi connectivity index (χ0n) is 11.0. The molecule has 0 fully saturated rings. The number of pyridine rings is 1. The van der Waals surface area contributed by atoms with Crippen LogP contribution in [0.25, 0.3) is 11.1 Å². The Kier molecular flexibility index (Phi) is 4.67. The SMILES string of the molecule is CCOC(=O)CCc1ccc(-c2cccnc2)cc1. The molecule has 0 aliphatic rings. The molecule has 0 atom stereocenters. The van der Waals surface area contributed by atoms with E-state index in [1.165, 1.54) is 0 Å². The summed E-state index contributed by atoms with van der Waals surface area (Å²) in [4.78, 5) is 15.4. The lowest BCUT2D eigenvalue weighted by atomic mass is 10.0. The van der Waals surface area contributed by atoms with E-state index in [1.54, 1.807) is 6.20 Å². The van der Waals surface area contributed by atoms with E-state index in [2.05, 4.69) is 17.1 Å². The predicted octanol–water partition coefficient (Wildman–Crippen LogP) is 3.24. The number of aromatic nitrogens is 1. The van der Waals surface area contributed by atoms with Crippen molar-refractivity contribution in [2.75, 3.05) is 6.61 Å². The van der Waals surface area contributed by atoms with Gasteiger partial charge >= 0.3 is 5.97 Å². The summed E-state index contributed by atoms with van der Waals surface area (Å²) in [5.41, 5.74) is 3.37. The van der Waals surface area contributed by atoms with Crippen LogP contribution >= 0.6 is 0 Å². The third-order valence-electron chi connectivity index (χ3n) is 2.87. The third kappa shape index (κ3) is 3.91. The molecule has 1 aromatic heterocycles. The van der Waals surface area contributed by atoms with Crippen LogP contribution in [0.4, 0.5) is 0 Å². The van der Waals surface area contributed by atoms with Gasteiger partial charge in [-0.25, -0.2) is 0 Å². The maximum atomic E-state index is 11.3. The fourth-order valence-electron chi connectivity index (χ4n) is 1.88. The minimum Gasteiger partial charge on any atom is -0.466 e. The van der Waals surface area contributed by atoms with E-state index >= 15 is 0 Å². The molecule has 98 valence electrons. The summed E-state index contributed by atoms with van der Waals surface area (Å²) in [6, 6.07) is 12.1. The summed E-state index contributed by atoms with van der Waals surface area (Å²) in [6.45, 7) is 2.26. The van der Waals surface area contributed by atoms with Crippen molar-refractivity contribution < 1.29 is 9.53 Å². The summed E-state index contributed by atoms with van der Waals surface area (Å²) in [7, 11) is 0. The van der Waals surface area contributed by atoms with E-state index in [0.717, 1.165) is 16.7 Å². The lowest BCUT2D eigenvalue weighted by Gasteiger charge is -2.04. The maximum Gasteiger partial charge on any atom is 0.306 e. The van der Waals surface area contributed by atoms with E-state index in [0.29, 0.717) is 19.4 Å². The number of ether oxygens (including phenoxy) is 1. The number of aryl methyl sites for hydroxylation is 1. The highest BCUT2D eigenvalue weighted by Gasteiger charge is 2.03. The maximum absolute atomic E-state index is 11.3. The second-order valence-corrected chi connectivity index (χ2v) is 4.24. The van der Waals surface area contributed by atoms with Crippen molar-refractivity contribution in [3.63, 3.8) is 0 Å². The average Bonchev–Trinajstić information content (AvgIpc) is 2.47. The van der Waals surface area contributed by atoms with Gasteiger partial charge in [0.15, 0.2) is 0 Å². The average molecular weight is 255 g/mol. The zero-order valence-corrected chi connectivity index (χ0v) is 11.0. The van der Waals surface area contributed by atoms with Gasteiger partial charge in [-0.05, 0) is 36.1 Å². The van der Waals surface area contributed by atoms with Crippen LogP contribution in [0.3, 0.4) is 0 Å². The molecule has 3 nitrogen and oxygen atoms in total. The van der Waals surface area contributed by atoms with E-state index in [4.69, 9.17) is 4.74 Å². The van der Waals surface area contributed by atoms with Crippen molar-refractivity contribution in [2.45, 2.75) is 19.8 Å². The first-order valence-corrected chi connectivity index (χ1v) is 6.44. The van der Waals surface area contributed by atoms with Crippen LogP contribution < -0.4 is 0 Å². The molecule has 0 aliphatic heterocycles. The van der Waals surface area contributed by atoms with Gasteiger partial charge in [0.25, 0.3) is 0 Å². The highest BCUT2D eigenvalue weighted by atomic mass is 16.5. The Labute approximate surface area is 113 Å². The van der Waals surface area contributed by atoms with Crippen molar-refractivity contribution in [3.8, 4) is 11.1 Å². The molecule has 0 spiro atoms. The summed E-state index contributed by atoms with van der Waals surface area (Å²) in [6.07, 6.45) is 4.75. The number of rotatable bonds is 5. The van der Waals surface area contributed by atoms with Gasteiger partial charge in [-0.2, -0.15) is 0 Å². The molecule has 0 saturated carbocycles. The normalized spacial score (nSPS) is 10.2. The Balaban J connectivity index is 1.97. The molecule has 0 amide bonds. The minimum atomic E-state index is -0.140. The lowest BCUT2D eigenvalue weighted by molar-refractivity contribution is -0.143. The molecule has 0 N–H and O–H groups in total. The van der Waals surface area contributed by atoms with Gasteiger partial charge in [-0.1, -0.05) is 30.3 Å². The molecule has 0 radical (unpaired) electrons. The van der Waals surface area contributed by atoms with Crippen molar-refractivity contribution in [1.82, 2.24) is 4.98 Å². The molecule has 3 heteroatoms. The lowest BCUT2D eigenvalue weighted by Crippen LogP contribution is -2.05. The topological polar surface area (TPSA) is 39.2 Å². The first-order chi connectivity index (χ1) is 9.29. The van der Waals surface area contributed by atoms with Crippen LogP contribution in [0.1, 0.15) is 18.9 Å². The Morgan fingerprint density at radius 2 is 1.95 bits per heavy atom. The highest BCUT2D eigenvalue weighted by molar-refractivity contribution is 5.69. The third-order valence-corrected chi connectivity index (χ3v) is 2.87. The fraction of sp³-hybridized carbons (Fsp3) is 0.250. The second kappa shape index (κ2) is 6.69. The first kappa shape index (κ1) is 13.3. The molecule has 0 saturated heterocycles. The molecule has 2 aromatic rings. The molecule has 0 aliphatic carbocycles. The predicted molar refractivity (Wildman–Crippen MR) is 74.6 cm³/mol. The van der Waals surface area contributed by atoms with Crippen molar-refractivity contribution >= 4 is 5.97 Å². The second-order valence-electron chi connectivity index (χ2n) is 4.24. The summed E-state index contributed by atoms with van der Waals surface area (Å²) in [5.74, 6) is -0.140. The van der Waals surface area contributed by atoms with Crippen LogP contribution in [0.2, 0.25) is 0 Å². The summed E-state index contributed by atoms with van der Waals surface area (Å²) in [5, 5.41) is 0. The smallest absolute Gasteiger partial charge is 0.306 e. The van der Waals surface area contributed by atoms with Crippen molar-refractivity contribution in [3.05, 3.63) is 54.4 Å². The highest BCUT2D eigenvalue weighted by Crippen LogP contribution is 2.18. The van der Waals surface area contributed by atoms with Gasteiger partial charge < -0.3 is 4.74 Å². The van der Waals surface area contributed by atoms with Crippen LogP contribution in [-0.2, 0) is 16.0 Å². The summed E-state index contributed by atoms with van der Waals surface area (Å²) < 4.78 is 4.91. The monoisotopic (exact) mass is 255 g/mol. The van der Waals surface area contributed by atoms with Crippen molar-refractivity contribution in [2.24, 2.45) is 0 Å². The number of esters is 1. The quantitative estimate of drug-likeness (QED) is 0.770. The minimum absolute atomic E-state index is 0.140. The van der Waals surface area contributed by atoms with Gasteiger partial charge in [0, 0.05) is 18.8 Å². The Bertz CT molecular complexity index is 520. The van der Waals surface area contributed by atoms with Crippen LogP contribution in [0, 0.1) is 0 Å². The number of carbonyl (C=O) groups is 1. The van der Waals surface area contributed by atoms with Crippen LogP contribution in [-0.4, -0.2) is 17.6 Å². The standard InChI is InChI=1S/C16H17NO2/c1-2-19-16(18)10-7-13-5-8-14(9-6-13)15-4-3-11-17-12-15/h3-6,8-9,11-12H,2,7,10H2,1H3. The fourth-order valence-corrected chi connectivity index (χ4v) is 1.88. The van der Waals surface area contributed by atoms with Gasteiger partial charge in [0.05, 0.1) is 6.61 Å². The molecule has 2 rings (SSSR count). The Morgan fingerprint density at radius 3 is 2.58 bits per heavy atom. The molecule has 0 bridgehead atoms. The molecule has 1 heterocycles. The number of carbonyl (C=O) groups excluding carboxylic acids is 1. The molecule has 0 unspecified atom stereocenters. The number of hydrogen-bond donors (Lipinski definition) is 0. The molecular weight excluding hydrogens is 238 g/mol. The first-order valence-electron chi connectivity index (χ1n) is 6.44. The van der Waals surface area contributed by atoms with Crippen LogP contribution in [0.15, 0.2) is 48.8 Å². The number of benzene rings is 1. The zero-order chi connectivity index (χ0) is 13.5. The van der Waals surface area contributed by atoms with Gasteiger partial charge in [0.1, 0.15) is 0 Å². The summed E-state index contributed by atoms with van der Waals surface area (Å²) >= 11 is 0.